The monoisotopic (exact) mass is 475 g/mol. The molecule has 1 aromatic carbocycles. The number of allylic oxidation sites excluding steroid dienone is 4. The average Bonchev–Trinajstić information content (AvgIpc) is 2.89. The molecule has 6 nitrogen and oxygen atoms in total. The number of aromatic nitrogens is 1. The first-order valence-corrected chi connectivity index (χ1v) is 12.2. The number of nitrogens with one attached hydrogen (secondary N) is 1. The van der Waals surface area contributed by atoms with Crippen molar-refractivity contribution >= 4 is 11.7 Å². The largest absolute Gasteiger partial charge is 0.507 e. The fraction of sp³-hybridized carbons (Fsp3) is 0.379. The van der Waals surface area contributed by atoms with Crippen molar-refractivity contribution in [1.82, 2.24) is 9.88 Å². The van der Waals surface area contributed by atoms with Crippen LogP contribution in [0, 0.1) is 6.92 Å². The Balaban J connectivity index is 1.78. The van der Waals surface area contributed by atoms with E-state index >= 15 is 0 Å². The van der Waals surface area contributed by atoms with Gasteiger partial charge in [0.2, 0.25) is 0 Å². The average molecular weight is 476 g/mol. The molecule has 2 N–H and O–H groups in total. The molecule has 1 amide bonds. The number of carbonyl (C=O) groups excluding carboxylic acids is 1. The molecule has 3 rings (SSSR count). The van der Waals surface area contributed by atoms with E-state index in [9.17, 15) is 9.90 Å². The minimum atomic E-state index is -0.109. The summed E-state index contributed by atoms with van der Waals surface area (Å²) in [5.41, 5.74) is 5.36. The summed E-state index contributed by atoms with van der Waals surface area (Å²) in [5.74, 6) is 1.60. The maximum absolute atomic E-state index is 13.0. The number of carbonyl (C=O) groups is 1. The van der Waals surface area contributed by atoms with Crippen molar-refractivity contribution in [2.45, 2.75) is 53.4 Å². The van der Waals surface area contributed by atoms with Crippen LogP contribution in [0.2, 0.25) is 0 Å². The molecule has 6 heteroatoms. The third-order valence-electron chi connectivity index (χ3n) is 6.51. The van der Waals surface area contributed by atoms with Gasteiger partial charge in [0.25, 0.3) is 5.91 Å². The van der Waals surface area contributed by atoms with Crippen molar-refractivity contribution in [2.75, 3.05) is 25.5 Å². The van der Waals surface area contributed by atoms with Gasteiger partial charge in [-0.15, -0.1) is 0 Å². The van der Waals surface area contributed by atoms with Crippen LogP contribution in [0.5, 0.6) is 5.75 Å². The van der Waals surface area contributed by atoms with Gasteiger partial charge in [-0.05, 0) is 93.5 Å². The van der Waals surface area contributed by atoms with Crippen LogP contribution >= 0.6 is 0 Å². The maximum atomic E-state index is 13.0. The molecule has 0 bridgehead atoms. The molecule has 0 atom stereocenters. The second-order valence-corrected chi connectivity index (χ2v) is 8.90. The standard InChI is InChI=1S/C29H37N3O3/c1-6-22(16-25(7-2)35-5)21(4)18-30-28-20(3)15-24(19-31-28)23-11-12-27(33)26(17-23)29(34)32-13-9-8-10-14-32/h6-7,11-12,15,17-19,33H,8-10,13-14,16H2,1-5H3,(H,30,31)/b21-18+,22-6+,25-7+. The van der Waals surface area contributed by atoms with Crippen LogP contribution in [0.3, 0.4) is 0 Å². The molecular weight excluding hydrogens is 438 g/mol. The van der Waals surface area contributed by atoms with Gasteiger partial charge in [-0.3, -0.25) is 4.79 Å². The van der Waals surface area contributed by atoms with Gasteiger partial charge < -0.3 is 20.1 Å². The fourth-order valence-corrected chi connectivity index (χ4v) is 4.26. The highest BCUT2D eigenvalue weighted by atomic mass is 16.5. The Kier molecular flexibility index (Phi) is 9.12. The highest BCUT2D eigenvalue weighted by Gasteiger charge is 2.21. The molecule has 1 aromatic heterocycles. The lowest BCUT2D eigenvalue weighted by atomic mass is 10.0. The van der Waals surface area contributed by atoms with E-state index in [1.165, 1.54) is 5.57 Å². The molecule has 1 aliphatic heterocycles. The number of hydrogen-bond acceptors (Lipinski definition) is 5. The maximum Gasteiger partial charge on any atom is 0.257 e. The number of aromatic hydroxyl groups is 1. The second kappa shape index (κ2) is 12.2. The number of benzene rings is 1. The molecule has 1 fully saturated rings. The van der Waals surface area contributed by atoms with Gasteiger partial charge >= 0.3 is 0 Å². The molecule has 1 aliphatic rings. The zero-order valence-corrected chi connectivity index (χ0v) is 21.5. The van der Waals surface area contributed by atoms with E-state index in [1.807, 2.05) is 50.1 Å². The van der Waals surface area contributed by atoms with Crippen LogP contribution in [0.15, 0.2) is 65.7 Å². The first-order chi connectivity index (χ1) is 16.9. The minimum absolute atomic E-state index is 0.0160. The summed E-state index contributed by atoms with van der Waals surface area (Å²) < 4.78 is 5.40. The van der Waals surface area contributed by atoms with Crippen molar-refractivity contribution in [2.24, 2.45) is 0 Å². The predicted octanol–water partition coefficient (Wildman–Crippen LogP) is 6.59. The highest BCUT2D eigenvalue weighted by Crippen LogP contribution is 2.29. The van der Waals surface area contributed by atoms with Crippen LogP contribution in [-0.2, 0) is 4.74 Å². The molecule has 35 heavy (non-hydrogen) atoms. The third-order valence-corrected chi connectivity index (χ3v) is 6.51. The fourth-order valence-electron chi connectivity index (χ4n) is 4.26. The Morgan fingerprint density at radius 2 is 1.89 bits per heavy atom. The molecule has 0 spiro atoms. The molecule has 0 aliphatic carbocycles. The van der Waals surface area contributed by atoms with Crippen LogP contribution < -0.4 is 5.32 Å². The Labute approximate surface area is 209 Å². The number of aryl methyl sites for hydroxylation is 1. The zero-order valence-electron chi connectivity index (χ0n) is 21.5. The normalized spacial score (nSPS) is 15.2. The molecule has 1 saturated heterocycles. The summed E-state index contributed by atoms with van der Waals surface area (Å²) >= 11 is 0. The summed E-state index contributed by atoms with van der Waals surface area (Å²) in [6, 6.07) is 7.23. The smallest absolute Gasteiger partial charge is 0.257 e. The van der Waals surface area contributed by atoms with E-state index in [2.05, 4.69) is 23.3 Å². The van der Waals surface area contributed by atoms with Gasteiger partial charge in [0, 0.05) is 37.5 Å². The number of hydrogen-bond donors (Lipinski definition) is 2. The molecule has 0 saturated carbocycles. The van der Waals surface area contributed by atoms with Crippen LogP contribution in [0.1, 0.15) is 62.4 Å². The zero-order chi connectivity index (χ0) is 25.4. The highest BCUT2D eigenvalue weighted by molar-refractivity contribution is 5.98. The number of ether oxygens (including phenoxy) is 1. The SMILES string of the molecule is C/C=C(\CC(=C\C)/C(C)=C/Nc1ncc(-c2ccc(O)c(C(=O)N3CCCCC3)c2)cc1C)OC. The minimum Gasteiger partial charge on any atom is -0.507 e. The van der Waals surface area contributed by atoms with Gasteiger partial charge in [0.1, 0.15) is 11.6 Å². The number of methoxy groups -OCH3 is 1. The van der Waals surface area contributed by atoms with E-state index < -0.39 is 0 Å². The van der Waals surface area contributed by atoms with Crippen LogP contribution in [0.25, 0.3) is 11.1 Å². The topological polar surface area (TPSA) is 74.7 Å². The number of rotatable bonds is 8. The molecule has 186 valence electrons. The molecule has 2 aromatic rings. The summed E-state index contributed by atoms with van der Waals surface area (Å²) in [6.45, 7) is 9.54. The summed E-state index contributed by atoms with van der Waals surface area (Å²) in [6.07, 6.45) is 11.7. The number of likely N-dealkylation sites (tertiary alicyclic amines) is 1. The van der Waals surface area contributed by atoms with Crippen molar-refractivity contribution in [3.8, 4) is 16.9 Å². The predicted molar refractivity (Wildman–Crippen MR) is 142 cm³/mol. The van der Waals surface area contributed by atoms with Crippen molar-refractivity contribution < 1.29 is 14.6 Å². The third kappa shape index (κ3) is 6.53. The van der Waals surface area contributed by atoms with Crippen LogP contribution in [-0.4, -0.2) is 41.1 Å². The number of anilines is 1. The summed E-state index contributed by atoms with van der Waals surface area (Å²) in [4.78, 5) is 19.4. The number of pyridine rings is 1. The van der Waals surface area contributed by atoms with E-state index in [-0.39, 0.29) is 11.7 Å². The van der Waals surface area contributed by atoms with Crippen LogP contribution in [0.4, 0.5) is 5.82 Å². The number of phenolic OH excluding ortho intramolecular Hbond substituents is 1. The Hall–Kier alpha value is -3.54. The molecule has 2 heterocycles. The lowest BCUT2D eigenvalue weighted by Crippen LogP contribution is -2.35. The van der Waals surface area contributed by atoms with Crippen molar-refractivity contribution in [1.29, 1.82) is 0 Å². The van der Waals surface area contributed by atoms with E-state index in [1.54, 1.807) is 25.4 Å². The van der Waals surface area contributed by atoms with E-state index in [0.717, 1.165) is 72.6 Å². The molecular formula is C29H37N3O3. The van der Waals surface area contributed by atoms with Gasteiger partial charge in [0.15, 0.2) is 0 Å². The quantitative estimate of drug-likeness (QED) is 0.333. The number of phenols is 1. The summed E-state index contributed by atoms with van der Waals surface area (Å²) in [5, 5.41) is 13.7. The van der Waals surface area contributed by atoms with Gasteiger partial charge in [-0.25, -0.2) is 4.98 Å². The molecule has 0 radical (unpaired) electrons. The van der Waals surface area contributed by atoms with E-state index in [0.29, 0.717) is 5.56 Å². The second-order valence-electron chi connectivity index (χ2n) is 8.90. The van der Waals surface area contributed by atoms with Crippen molar-refractivity contribution in [3.05, 3.63) is 76.8 Å². The number of amides is 1. The molecule has 0 unspecified atom stereocenters. The van der Waals surface area contributed by atoms with E-state index in [4.69, 9.17) is 4.74 Å². The lowest BCUT2D eigenvalue weighted by Gasteiger charge is -2.27. The lowest BCUT2D eigenvalue weighted by molar-refractivity contribution is 0.0721. The first kappa shape index (κ1) is 26.1. The Morgan fingerprint density at radius 3 is 2.51 bits per heavy atom. The Bertz CT molecular complexity index is 1140. The van der Waals surface area contributed by atoms with Gasteiger partial charge in [-0.2, -0.15) is 0 Å². The number of nitrogens with zero attached hydrogens (tertiary/aromatic N) is 2. The summed E-state index contributed by atoms with van der Waals surface area (Å²) in [7, 11) is 1.69. The van der Waals surface area contributed by atoms with Gasteiger partial charge in [-0.1, -0.05) is 12.1 Å². The Morgan fingerprint density at radius 1 is 1.14 bits per heavy atom. The van der Waals surface area contributed by atoms with Crippen molar-refractivity contribution in [3.63, 3.8) is 0 Å². The first-order valence-electron chi connectivity index (χ1n) is 12.2. The van der Waals surface area contributed by atoms with Gasteiger partial charge in [0.05, 0.1) is 18.4 Å². The number of piperidine rings is 1.